The lowest BCUT2D eigenvalue weighted by Gasteiger charge is -2.37. The number of aromatic nitrogens is 4. The van der Waals surface area contributed by atoms with Gasteiger partial charge in [-0.05, 0) is 40.0 Å². The van der Waals surface area contributed by atoms with E-state index in [0.29, 0.717) is 34.5 Å². The molecule has 0 bridgehead atoms. The third-order valence-corrected chi connectivity index (χ3v) is 5.25. The summed E-state index contributed by atoms with van der Waals surface area (Å²) < 4.78 is 12.4. The first-order valence-corrected chi connectivity index (χ1v) is 8.95. The highest BCUT2D eigenvalue weighted by molar-refractivity contribution is 6.32. The number of tetrazole rings is 1. The number of ketones is 1. The van der Waals surface area contributed by atoms with E-state index in [1.807, 2.05) is 6.07 Å². The van der Waals surface area contributed by atoms with E-state index in [-0.39, 0.29) is 11.2 Å². The second kappa shape index (κ2) is 6.23. The van der Waals surface area contributed by atoms with Gasteiger partial charge in [0.05, 0.1) is 19.2 Å². The van der Waals surface area contributed by atoms with Gasteiger partial charge in [-0.2, -0.15) is 4.68 Å². The van der Waals surface area contributed by atoms with Gasteiger partial charge in [0.2, 0.25) is 5.95 Å². The van der Waals surface area contributed by atoms with Gasteiger partial charge in [-0.25, -0.2) is 0 Å². The Morgan fingerprint density at radius 3 is 2.74 bits per heavy atom. The minimum absolute atomic E-state index is 0.0748. The Balaban J connectivity index is 1.92. The summed E-state index contributed by atoms with van der Waals surface area (Å²) in [5.74, 6) is 1.50. The standard InChI is InChI=1S/C18H20ClN5O3/c1-18(2)7-11-14(12(25)8-18)15(24-17(20-11)21-22-23-24)9-5-10(19)16(27-4)13(6-9)26-3/h5-6,15H,7-8H2,1-4H3,(H,20,21,23). The number of nitrogens with zero attached hydrogens (tertiary/aromatic N) is 4. The zero-order valence-electron chi connectivity index (χ0n) is 15.5. The lowest BCUT2D eigenvalue weighted by molar-refractivity contribution is -0.118. The molecule has 8 nitrogen and oxygen atoms in total. The van der Waals surface area contributed by atoms with Gasteiger partial charge in [0, 0.05) is 17.7 Å². The van der Waals surface area contributed by atoms with Crippen LogP contribution in [-0.2, 0) is 4.79 Å². The van der Waals surface area contributed by atoms with Gasteiger partial charge < -0.3 is 14.8 Å². The van der Waals surface area contributed by atoms with Crippen LogP contribution in [0.25, 0.3) is 0 Å². The number of methoxy groups -OCH3 is 2. The number of benzene rings is 1. The summed E-state index contributed by atoms with van der Waals surface area (Å²) in [6.07, 6.45) is 1.20. The van der Waals surface area contributed by atoms with Crippen LogP contribution in [0.4, 0.5) is 5.95 Å². The van der Waals surface area contributed by atoms with Crippen molar-refractivity contribution in [2.24, 2.45) is 5.41 Å². The topological polar surface area (TPSA) is 91.2 Å². The molecule has 2 heterocycles. The van der Waals surface area contributed by atoms with Crippen molar-refractivity contribution in [3.8, 4) is 11.5 Å². The molecule has 0 amide bonds. The fourth-order valence-electron chi connectivity index (χ4n) is 3.87. The summed E-state index contributed by atoms with van der Waals surface area (Å²) in [6.45, 7) is 4.16. The van der Waals surface area contributed by atoms with Crippen molar-refractivity contribution in [3.63, 3.8) is 0 Å². The fourth-order valence-corrected chi connectivity index (χ4v) is 4.17. The summed E-state index contributed by atoms with van der Waals surface area (Å²) >= 11 is 6.41. The highest BCUT2D eigenvalue weighted by atomic mass is 35.5. The first kappa shape index (κ1) is 17.8. The monoisotopic (exact) mass is 389 g/mol. The van der Waals surface area contributed by atoms with Crippen molar-refractivity contribution >= 4 is 23.3 Å². The number of halogens is 1. The number of nitrogens with one attached hydrogen (secondary N) is 1. The molecular weight excluding hydrogens is 370 g/mol. The molecule has 2 aromatic rings. The zero-order chi connectivity index (χ0) is 19.3. The molecule has 1 atom stereocenters. The van der Waals surface area contributed by atoms with E-state index in [4.69, 9.17) is 21.1 Å². The number of Topliss-reactive ketones (excluding diaryl/α,β-unsaturated/α-hetero) is 1. The summed E-state index contributed by atoms with van der Waals surface area (Å²) in [4.78, 5) is 13.1. The lowest BCUT2D eigenvalue weighted by atomic mass is 9.73. The van der Waals surface area contributed by atoms with Crippen molar-refractivity contribution in [3.05, 3.63) is 34.0 Å². The van der Waals surface area contributed by atoms with Crippen LogP contribution in [0.15, 0.2) is 23.4 Å². The number of hydrogen-bond acceptors (Lipinski definition) is 7. The van der Waals surface area contributed by atoms with Gasteiger partial charge in [-0.3, -0.25) is 4.79 Å². The summed E-state index contributed by atoms with van der Waals surface area (Å²) in [5, 5.41) is 15.5. The van der Waals surface area contributed by atoms with E-state index >= 15 is 0 Å². The first-order valence-electron chi connectivity index (χ1n) is 8.57. The molecule has 0 saturated heterocycles. The number of fused-ring (bicyclic) bond motifs is 1. The van der Waals surface area contributed by atoms with Crippen molar-refractivity contribution in [2.45, 2.75) is 32.7 Å². The minimum Gasteiger partial charge on any atom is -0.493 e. The Kier molecular flexibility index (Phi) is 4.10. The number of carbonyl (C=O) groups excluding carboxylic acids is 1. The summed E-state index contributed by atoms with van der Waals surface area (Å²) in [5.41, 5.74) is 2.15. The Labute approximate surface area is 161 Å². The third-order valence-electron chi connectivity index (χ3n) is 4.97. The first-order chi connectivity index (χ1) is 12.8. The molecule has 0 spiro atoms. The molecule has 0 radical (unpaired) electrons. The van der Waals surface area contributed by atoms with Crippen LogP contribution < -0.4 is 14.8 Å². The van der Waals surface area contributed by atoms with Gasteiger partial charge in [0.25, 0.3) is 0 Å². The zero-order valence-corrected chi connectivity index (χ0v) is 16.3. The average Bonchev–Trinajstić information content (AvgIpc) is 3.06. The summed E-state index contributed by atoms with van der Waals surface area (Å²) in [6, 6.07) is 3.10. The molecule has 142 valence electrons. The van der Waals surface area contributed by atoms with Crippen molar-refractivity contribution < 1.29 is 14.3 Å². The maximum atomic E-state index is 13.1. The Morgan fingerprint density at radius 2 is 2.04 bits per heavy atom. The highest BCUT2D eigenvalue weighted by Gasteiger charge is 2.42. The molecule has 4 rings (SSSR count). The molecule has 1 aliphatic carbocycles. The maximum absolute atomic E-state index is 13.1. The van der Waals surface area contributed by atoms with Crippen LogP contribution in [-0.4, -0.2) is 40.2 Å². The smallest absolute Gasteiger partial charge is 0.248 e. The average molecular weight is 390 g/mol. The van der Waals surface area contributed by atoms with Crippen molar-refractivity contribution in [2.75, 3.05) is 19.5 Å². The van der Waals surface area contributed by atoms with E-state index in [9.17, 15) is 4.79 Å². The lowest BCUT2D eigenvalue weighted by Crippen LogP contribution is -2.36. The van der Waals surface area contributed by atoms with Crippen LogP contribution in [0.1, 0.15) is 38.3 Å². The predicted molar refractivity (Wildman–Crippen MR) is 99.2 cm³/mol. The normalized spacial score (nSPS) is 20.6. The molecule has 27 heavy (non-hydrogen) atoms. The van der Waals surface area contributed by atoms with Crippen LogP contribution >= 0.6 is 11.6 Å². The van der Waals surface area contributed by atoms with E-state index in [0.717, 1.165) is 17.7 Å². The molecule has 9 heteroatoms. The molecule has 1 N–H and O–H groups in total. The van der Waals surface area contributed by atoms with Gasteiger partial charge in [0.15, 0.2) is 17.3 Å². The van der Waals surface area contributed by atoms with E-state index in [1.165, 1.54) is 7.11 Å². The molecule has 1 aromatic carbocycles. The van der Waals surface area contributed by atoms with Gasteiger partial charge in [-0.1, -0.05) is 30.5 Å². The maximum Gasteiger partial charge on any atom is 0.248 e. The third kappa shape index (κ3) is 2.84. The number of anilines is 1. The Bertz CT molecular complexity index is 966. The van der Waals surface area contributed by atoms with Gasteiger partial charge in [0.1, 0.15) is 6.04 Å². The largest absolute Gasteiger partial charge is 0.493 e. The number of ether oxygens (including phenoxy) is 2. The summed E-state index contributed by atoms with van der Waals surface area (Å²) in [7, 11) is 3.07. The SMILES string of the molecule is COc1cc(C2C3=C(CC(C)(C)CC3=O)Nc3nnnn32)cc(Cl)c1OC. The van der Waals surface area contributed by atoms with Crippen LogP contribution in [0.3, 0.4) is 0 Å². The quantitative estimate of drug-likeness (QED) is 0.862. The van der Waals surface area contributed by atoms with Crippen LogP contribution in [0.2, 0.25) is 5.02 Å². The molecule has 2 aliphatic rings. The van der Waals surface area contributed by atoms with E-state index in [1.54, 1.807) is 17.9 Å². The highest BCUT2D eigenvalue weighted by Crippen LogP contribution is 2.47. The molecular formula is C18H20ClN5O3. The van der Waals surface area contributed by atoms with Crippen molar-refractivity contribution in [1.82, 2.24) is 20.2 Å². The van der Waals surface area contributed by atoms with Crippen LogP contribution in [0, 0.1) is 5.41 Å². The van der Waals surface area contributed by atoms with Gasteiger partial charge >= 0.3 is 0 Å². The van der Waals surface area contributed by atoms with E-state index in [2.05, 4.69) is 34.7 Å². The molecule has 1 unspecified atom stereocenters. The molecule has 1 aliphatic heterocycles. The predicted octanol–water partition coefficient (Wildman–Crippen LogP) is 3.00. The second-order valence-electron chi connectivity index (χ2n) is 7.55. The minimum atomic E-state index is -0.479. The van der Waals surface area contributed by atoms with Crippen molar-refractivity contribution in [1.29, 1.82) is 0 Å². The number of hydrogen-bond donors (Lipinski definition) is 1. The number of allylic oxidation sites excluding steroid dienone is 2. The Morgan fingerprint density at radius 1 is 1.26 bits per heavy atom. The van der Waals surface area contributed by atoms with Crippen LogP contribution in [0.5, 0.6) is 11.5 Å². The Hall–Kier alpha value is -2.61. The van der Waals surface area contributed by atoms with Gasteiger partial charge in [-0.15, -0.1) is 0 Å². The molecule has 0 fully saturated rings. The number of carbonyl (C=O) groups is 1. The second-order valence-corrected chi connectivity index (χ2v) is 7.95. The number of rotatable bonds is 3. The van der Waals surface area contributed by atoms with E-state index < -0.39 is 6.04 Å². The molecule has 1 aromatic heterocycles. The molecule has 0 saturated carbocycles. The fraction of sp³-hybridized carbons (Fsp3) is 0.444.